The maximum absolute atomic E-state index is 15.4. The van der Waals surface area contributed by atoms with Crippen molar-refractivity contribution in [3.8, 4) is 11.5 Å². The molecule has 2 aromatic carbocycles. The highest BCUT2D eigenvalue weighted by atomic mass is 19.3. The molecule has 1 unspecified atom stereocenters. The quantitative estimate of drug-likeness (QED) is 0.353. The third-order valence-corrected chi connectivity index (χ3v) is 8.21. The first kappa shape index (κ1) is 31.0. The lowest BCUT2D eigenvalue weighted by molar-refractivity contribution is -0.118. The van der Waals surface area contributed by atoms with Crippen LogP contribution in [0.15, 0.2) is 41.2 Å². The lowest BCUT2D eigenvalue weighted by atomic mass is 9.91. The van der Waals surface area contributed by atoms with Gasteiger partial charge in [0.25, 0.3) is 11.5 Å². The van der Waals surface area contributed by atoms with Crippen LogP contribution in [0.2, 0.25) is 0 Å². The molecule has 44 heavy (non-hydrogen) atoms. The number of aliphatic hydroxyl groups excluding tert-OH is 1. The summed E-state index contributed by atoms with van der Waals surface area (Å²) in [5, 5.41) is 12.2. The SMILES string of the molecule is COc1cc(F)c([C@@H]2CN(c3c(C)c4c(n(CCO)c3=O)CCCC4)C(=O)C2NC(=O)c2ccc(OC(F)F)cc2)c(F)c1. The second kappa shape index (κ2) is 12.7. The van der Waals surface area contributed by atoms with E-state index in [4.69, 9.17) is 4.74 Å². The van der Waals surface area contributed by atoms with Crippen molar-refractivity contribution in [2.75, 3.05) is 25.2 Å². The third-order valence-electron chi connectivity index (χ3n) is 8.21. The first-order valence-corrected chi connectivity index (χ1v) is 14.1. The lowest BCUT2D eigenvalue weighted by Gasteiger charge is -2.28. The maximum Gasteiger partial charge on any atom is 0.387 e. The fraction of sp³-hybridized carbons (Fsp3) is 0.387. The molecule has 0 bridgehead atoms. The summed E-state index contributed by atoms with van der Waals surface area (Å²) in [6, 6.07) is 5.12. The standard InChI is InChI=1S/C31H31F4N3O6/c1-16-20-5-3-4-6-24(20)37(11-12-39)30(42)27(16)38-15-21(25-22(32)13-19(43-2)14-23(25)33)26(29(38)41)36-28(40)17-7-9-18(10-8-17)44-31(34)35/h7-10,13-14,21,26,31,39H,3-6,11-12,15H2,1-2H3,(H,36,40)/t21-,26?/m0/s1. The number of hydrogen-bond donors (Lipinski definition) is 2. The van der Waals surface area contributed by atoms with Gasteiger partial charge in [-0.15, -0.1) is 0 Å². The monoisotopic (exact) mass is 617 g/mol. The largest absolute Gasteiger partial charge is 0.497 e. The van der Waals surface area contributed by atoms with Gasteiger partial charge in [-0.2, -0.15) is 8.78 Å². The summed E-state index contributed by atoms with van der Waals surface area (Å²) < 4.78 is 66.6. The number of fused-ring (bicyclic) bond motifs is 1. The van der Waals surface area contributed by atoms with E-state index in [0.29, 0.717) is 18.4 Å². The van der Waals surface area contributed by atoms with E-state index in [1.807, 2.05) is 0 Å². The van der Waals surface area contributed by atoms with Crippen molar-refractivity contribution in [2.24, 2.45) is 0 Å². The molecule has 1 saturated heterocycles. The van der Waals surface area contributed by atoms with Crippen LogP contribution in [0, 0.1) is 18.6 Å². The Kier molecular flexibility index (Phi) is 8.95. The second-order valence-electron chi connectivity index (χ2n) is 10.7. The number of halogens is 4. The van der Waals surface area contributed by atoms with Crippen LogP contribution >= 0.6 is 0 Å². The summed E-state index contributed by atoms with van der Waals surface area (Å²) in [6.07, 6.45) is 3.01. The van der Waals surface area contributed by atoms with E-state index in [2.05, 4.69) is 10.1 Å². The van der Waals surface area contributed by atoms with Crippen LogP contribution in [0.25, 0.3) is 0 Å². The number of aliphatic hydroxyl groups is 1. The van der Waals surface area contributed by atoms with Gasteiger partial charge in [0.1, 0.15) is 34.9 Å². The van der Waals surface area contributed by atoms with E-state index in [0.717, 1.165) is 53.3 Å². The molecular formula is C31H31F4N3O6. The summed E-state index contributed by atoms with van der Waals surface area (Å²) in [5.74, 6) is -5.13. The number of anilines is 1. The molecule has 0 saturated carbocycles. The number of amides is 2. The molecule has 0 radical (unpaired) electrons. The fourth-order valence-electron chi connectivity index (χ4n) is 6.20. The number of pyridine rings is 1. The summed E-state index contributed by atoms with van der Waals surface area (Å²) in [5.41, 5.74) is 1.22. The van der Waals surface area contributed by atoms with Crippen molar-refractivity contribution < 1.29 is 41.7 Å². The van der Waals surface area contributed by atoms with Gasteiger partial charge in [0.05, 0.1) is 13.7 Å². The Labute approximate surface area is 250 Å². The van der Waals surface area contributed by atoms with Crippen molar-refractivity contribution in [3.05, 3.63) is 86.3 Å². The minimum Gasteiger partial charge on any atom is -0.497 e. The molecular weight excluding hydrogens is 586 g/mol. The predicted molar refractivity (Wildman–Crippen MR) is 151 cm³/mol. The molecule has 1 aliphatic heterocycles. The Morgan fingerprint density at radius 1 is 1.07 bits per heavy atom. The minimum atomic E-state index is -3.07. The number of methoxy groups -OCH3 is 1. The maximum atomic E-state index is 15.4. The number of benzene rings is 2. The Morgan fingerprint density at radius 2 is 1.73 bits per heavy atom. The molecule has 2 aliphatic rings. The Balaban J connectivity index is 1.58. The summed E-state index contributed by atoms with van der Waals surface area (Å²) in [7, 11) is 1.24. The van der Waals surface area contributed by atoms with Crippen LogP contribution in [0.1, 0.15) is 51.5 Å². The Bertz CT molecular complexity index is 1620. The van der Waals surface area contributed by atoms with E-state index in [9.17, 15) is 28.3 Å². The lowest BCUT2D eigenvalue weighted by Crippen LogP contribution is -2.45. The van der Waals surface area contributed by atoms with Gasteiger partial charge < -0.3 is 29.4 Å². The van der Waals surface area contributed by atoms with Crippen molar-refractivity contribution in [1.82, 2.24) is 9.88 Å². The van der Waals surface area contributed by atoms with Gasteiger partial charge in [0.2, 0.25) is 5.91 Å². The zero-order valence-electron chi connectivity index (χ0n) is 24.0. The van der Waals surface area contributed by atoms with Crippen LogP contribution < -0.4 is 25.2 Å². The number of hydrogen-bond acceptors (Lipinski definition) is 6. The molecule has 1 aliphatic carbocycles. The minimum absolute atomic E-state index is 0.00702. The molecule has 1 fully saturated rings. The van der Waals surface area contributed by atoms with Gasteiger partial charge >= 0.3 is 6.61 Å². The van der Waals surface area contributed by atoms with Gasteiger partial charge in [-0.05, 0) is 68.0 Å². The highest BCUT2D eigenvalue weighted by Gasteiger charge is 2.46. The number of aromatic nitrogens is 1. The van der Waals surface area contributed by atoms with Gasteiger partial charge in [-0.1, -0.05) is 0 Å². The molecule has 0 spiro atoms. The Morgan fingerprint density at radius 3 is 2.34 bits per heavy atom. The average Bonchev–Trinajstić information content (AvgIpc) is 3.29. The van der Waals surface area contributed by atoms with Crippen LogP contribution in [0.4, 0.5) is 23.2 Å². The van der Waals surface area contributed by atoms with Crippen molar-refractivity contribution in [3.63, 3.8) is 0 Å². The fourth-order valence-corrected chi connectivity index (χ4v) is 6.20. The predicted octanol–water partition coefficient (Wildman–Crippen LogP) is 3.85. The molecule has 9 nitrogen and oxygen atoms in total. The van der Waals surface area contributed by atoms with Crippen LogP contribution in [0.5, 0.6) is 11.5 Å². The summed E-state index contributed by atoms with van der Waals surface area (Å²) in [4.78, 5) is 42.3. The molecule has 2 N–H and O–H groups in total. The van der Waals surface area contributed by atoms with Crippen LogP contribution in [-0.2, 0) is 24.2 Å². The molecule has 2 atom stereocenters. The number of nitrogens with one attached hydrogen (secondary N) is 1. The normalized spacial score (nSPS) is 18.0. The average molecular weight is 618 g/mol. The van der Waals surface area contributed by atoms with Crippen molar-refractivity contribution >= 4 is 17.5 Å². The van der Waals surface area contributed by atoms with Crippen LogP contribution in [0.3, 0.4) is 0 Å². The zero-order valence-corrected chi connectivity index (χ0v) is 24.0. The van der Waals surface area contributed by atoms with E-state index >= 15 is 8.78 Å². The third kappa shape index (κ3) is 5.75. The van der Waals surface area contributed by atoms with E-state index < -0.39 is 53.1 Å². The topological polar surface area (TPSA) is 110 Å². The molecule has 3 aromatic rings. The molecule has 2 heterocycles. The summed E-state index contributed by atoms with van der Waals surface area (Å²) >= 11 is 0. The first-order valence-electron chi connectivity index (χ1n) is 14.1. The number of alkyl halides is 2. The zero-order chi connectivity index (χ0) is 31.7. The second-order valence-corrected chi connectivity index (χ2v) is 10.7. The van der Waals surface area contributed by atoms with E-state index in [-0.39, 0.29) is 42.4 Å². The van der Waals surface area contributed by atoms with E-state index in [1.165, 1.54) is 23.8 Å². The van der Waals surface area contributed by atoms with Crippen LogP contribution in [-0.4, -0.2) is 54.4 Å². The Hall–Kier alpha value is -4.39. The van der Waals surface area contributed by atoms with E-state index in [1.54, 1.807) is 6.92 Å². The smallest absolute Gasteiger partial charge is 0.387 e. The van der Waals surface area contributed by atoms with Gasteiger partial charge in [0.15, 0.2) is 0 Å². The number of carbonyl (C=O) groups is 2. The number of nitrogens with zero attached hydrogens (tertiary/aromatic N) is 2. The molecule has 234 valence electrons. The number of ether oxygens (including phenoxy) is 2. The van der Waals surface area contributed by atoms with Crippen molar-refractivity contribution in [1.29, 1.82) is 0 Å². The summed E-state index contributed by atoms with van der Waals surface area (Å²) in [6.45, 7) is -1.99. The van der Waals surface area contributed by atoms with Gasteiger partial charge in [0, 0.05) is 48.0 Å². The molecule has 1 aromatic heterocycles. The van der Waals surface area contributed by atoms with Gasteiger partial charge in [-0.3, -0.25) is 14.4 Å². The van der Waals surface area contributed by atoms with Gasteiger partial charge in [-0.25, -0.2) is 8.78 Å². The molecule has 5 rings (SSSR count). The molecule has 13 heteroatoms. The molecule has 2 amide bonds. The highest BCUT2D eigenvalue weighted by Crippen LogP contribution is 2.38. The number of carbonyl (C=O) groups excluding carboxylic acids is 2. The first-order chi connectivity index (χ1) is 21.0. The van der Waals surface area contributed by atoms with Crippen molar-refractivity contribution in [2.45, 2.75) is 57.7 Å². The highest BCUT2D eigenvalue weighted by molar-refractivity contribution is 6.05. The number of rotatable bonds is 9.